The summed E-state index contributed by atoms with van der Waals surface area (Å²) in [6, 6.07) is 0. The van der Waals surface area contributed by atoms with Gasteiger partial charge in [-0.2, -0.15) is 0 Å². The first-order valence-electron chi connectivity index (χ1n) is 27.8. The van der Waals surface area contributed by atoms with Gasteiger partial charge in [0.2, 0.25) is 0 Å². The molecule has 3 N–H and O–H groups in total. The standard InChI is InChI=1S/C57H106NO7P/c1-3-5-7-9-11-13-15-17-19-21-23-25-26-27-28-29-31-33-35-37-39-41-43-45-47-49-52-62-54-56(55-64-66(60,61)63-53-51-58)65-57(59)50-48-46-44-42-40-38-36-34-32-30-24-22-20-18-16-14-12-10-8-6-4-2/h5,7,11,13,17,19,23,25,27-28,56H,3-4,6,8-10,12,14-16,18,20-22,24,26,29-55,58H2,1-2H3,(H,60,61)/b7-5-,13-11-,19-17-,25-23-,28-27-. The highest BCUT2D eigenvalue weighted by Gasteiger charge is 2.25. The third-order valence-corrected chi connectivity index (χ3v) is 12.9. The molecule has 0 bridgehead atoms. The van der Waals surface area contributed by atoms with Gasteiger partial charge in [-0.25, -0.2) is 4.57 Å². The number of phosphoric acid groups is 1. The van der Waals surface area contributed by atoms with Crippen LogP contribution in [0.4, 0.5) is 0 Å². The van der Waals surface area contributed by atoms with Crippen molar-refractivity contribution < 1.29 is 32.8 Å². The maximum absolute atomic E-state index is 12.7. The van der Waals surface area contributed by atoms with E-state index in [1.165, 1.54) is 173 Å². The number of hydrogen-bond acceptors (Lipinski definition) is 7. The third-order valence-electron chi connectivity index (χ3n) is 11.9. The number of allylic oxidation sites excluding steroid dienone is 10. The molecule has 0 radical (unpaired) electrons. The van der Waals surface area contributed by atoms with E-state index < -0.39 is 13.9 Å². The summed E-state index contributed by atoms with van der Waals surface area (Å²) < 4.78 is 33.7. The number of carbonyl (C=O) groups excluding carboxylic acids is 1. The van der Waals surface area contributed by atoms with Gasteiger partial charge in [-0.1, -0.05) is 254 Å². The van der Waals surface area contributed by atoms with E-state index in [0.717, 1.165) is 64.2 Å². The maximum Gasteiger partial charge on any atom is 0.472 e. The Morgan fingerprint density at radius 2 is 0.848 bits per heavy atom. The second-order valence-corrected chi connectivity index (χ2v) is 19.9. The van der Waals surface area contributed by atoms with Gasteiger partial charge in [0.05, 0.1) is 19.8 Å². The lowest BCUT2D eigenvalue weighted by atomic mass is 10.0. The van der Waals surface area contributed by atoms with Crippen molar-refractivity contribution in [3.63, 3.8) is 0 Å². The number of nitrogens with two attached hydrogens (primary N) is 1. The molecule has 0 fully saturated rings. The first kappa shape index (κ1) is 64.2. The molecule has 0 saturated heterocycles. The quantitative estimate of drug-likeness (QED) is 0.0268. The molecule has 0 aromatic heterocycles. The zero-order valence-electron chi connectivity index (χ0n) is 43.2. The van der Waals surface area contributed by atoms with Crippen molar-refractivity contribution in [2.24, 2.45) is 5.73 Å². The van der Waals surface area contributed by atoms with Crippen LogP contribution in [0.25, 0.3) is 0 Å². The minimum absolute atomic E-state index is 0.0966. The van der Waals surface area contributed by atoms with Gasteiger partial charge >= 0.3 is 13.8 Å². The molecule has 9 heteroatoms. The maximum atomic E-state index is 12.7. The zero-order chi connectivity index (χ0) is 48.0. The molecule has 386 valence electrons. The molecule has 0 aromatic rings. The molecule has 0 heterocycles. The third kappa shape index (κ3) is 53.2. The van der Waals surface area contributed by atoms with Gasteiger partial charge < -0.3 is 20.1 Å². The van der Waals surface area contributed by atoms with Crippen LogP contribution in [0.1, 0.15) is 258 Å². The largest absolute Gasteiger partial charge is 0.472 e. The van der Waals surface area contributed by atoms with E-state index in [1.807, 2.05) is 0 Å². The average Bonchev–Trinajstić information content (AvgIpc) is 3.31. The second kappa shape index (κ2) is 54.1. The van der Waals surface area contributed by atoms with Crippen molar-refractivity contribution in [2.75, 3.05) is 33.0 Å². The summed E-state index contributed by atoms with van der Waals surface area (Å²) in [6.45, 7) is 4.84. The molecule has 0 saturated carbocycles. The normalized spacial score (nSPS) is 13.7. The van der Waals surface area contributed by atoms with Crippen LogP contribution in [0.15, 0.2) is 60.8 Å². The Hall–Kier alpha value is -1.80. The highest BCUT2D eigenvalue weighted by Crippen LogP contribution is 2.43. The number of esters is 1. The number of unbranched alkanes of at least 4 members (excludes halogenated alkanes) is 30. The van der Waals surface area contributed by atoms with Gasteiger partial charge in [0.15, 0.2) is 0 Å². The van der Waals surface area contributed by atoms with E-state index in [2.05, 4.69) is 74.6 Å². The van der Waals surface area contributed by atoms with Gasteiger partial charge in [-0.3, -0.25) is 13.8 Å². The second-order valence-electron chi connectivity index (χ2n) is 18.4. The molecule has 0 rings (SSSR count). The van der Waals surface area contributed by atoms with Crippen LogP contribution in [0.2, 0.25) is 0 Å². The minimum Gasteiger partial charge on any atom is -0.457 e. The summed E-state index contributed by atoms with van der Waals surface area (Å²) in [5, 5.41) is 0. The van der Waals surface area contributed by atoms with E-state index in [4.69, 9.17) is 24.3 Å². The van der Waals surface area contributed by atoms with Crippen molar-refractivity contribution >= 4 is 13.8 Å². The Balaban J connectivity index is 3.90. The first-order valence-corrected chi connectivity index (χ1v) is 29.3. The Morgan fingerprint density at radius 3 is 1.27 bits per heavy atom. The van der Waals surface area contributed by atoms with Crippen LogP contribution in [-0.4, -0.2) is 49.9 Å². The van der Waals surface area contributed by atoms with E-state index in [0.29, 0.717) is 13.0 Å². The van der Waals surface area contributed by atoms with E-state index in [-0.39, 0.29) is 32.3 Å². The molecule has 0 spiro atoms. The van der Waals surface area contributed by atoms with E-state index >= 15 is 0 Å². The topological polar surface area (TPSA) is 117 Å². The van der Waals surface area contributed by atoms with Crippen LogP contribution in [0, 0.1) is 0 Å². The lowest BCUT2D eigenvalue weighted by molar-refractivity contribution is -0.154. The van der Waals surface area contributed by atoms with Crippen molar-refractivity contribution in [1.82, 2.24) is 0 Å². The van der Waals surface area contributed by atoms with Crippen molar-refractivity contribution in [2.45, 2.75) is 264 Å². The summed E-state index contributed by atoms with van der Waals surface area (Å²) in [5.41, 5.74) is 5.40. The van der Waals surface area contributed by atoms with Gasteiger partial charge in [0.25, 0.3) is 0 Å². The molecule has 0 aliphatic carbocycles. The van der Waals surface area contributed by atoms with Gasteiger partial charge in [-0.15, -0.1) is 0 Å². The fourth-order valence-corrected chi connectivity index (χ4v) is 8.67. The van der Waals surface area contributed by atoms with Crippen LogP contribution in [0.3, 0.4) is 0 Å². The molecule has 8 nitrogen and oxygen atoms in total. The summed E-state index contributed by atoms with van der Waals surface area (Å²) >= 11 is 0. The fraction of sp³-hybridized carbons (Fsp3) is 0.807. The van der Waals surface area contributed by atoms with Crippen molar-refractivity contribution in [3.05, 3.63) is 60.8 Å². The molecular formula is C57H106NO7P. The minimum atomic E-state index is -4.29. The monoisotopic (exact) mass is 948 g/mol. The van der Waals surface area contributed by atoms with Crippen LogP contribution in [-0.2, 0) is 27.9 Å². The molecule has 2 atom stereocenters. The molecule has 0 aliphatic rings. The van der Waals surface area contributed by atoms with Gasteiger partial charge in [0, 0.05) is 19.6 Å². The van der Waals surface area contributed by atoms with Crippen LogP contribution < -0.4 is 5.73 Å². The SMILES string of the molecule is CC/C=C\C/C=C\C/C=C\C/C=C\C/C=C\CCCCCCCCCCCCOCC(COP(=O)(O)OCCN)OC(=O)CCCCCCCCCCCCCCCCCCCCCCC. The lowest BCUT2D eigenvalue weighted by Gasteiger charge is -2.20. The van der Waals surface area contributed by atoms with Crippen LogP contribution >= 0.6 is 7.82 Å². The number of ether oxygens (including phenoxy) is 2. The predicted octanol–water partition coefficient (Wildman–Crippen LogP) is 17.7. The van der Waals surface area contributed by atoms with E-state index in [1.54, 1.807) is 0 Å². The summed E-state index contributed by atoms with van der Waals surface area (Å²) in [7, 11) is -4.29. The highest BCUT2D eigenvalue weighted by atomic mass is 31.2. The Kier molecular flexibility index (Phi) is 52.7. The Labute approximate surface area is 408 Å². The average molecular weight is 948 g/mol. The zero-order valence-corrected chi connectivity index (χ0v) is 44.1. The van der Waals surface area contributed by atoms with Gasteiger partial charge in [0.1, 0.15) is 6.10 Å². The smallest absolute Gasteiger partial charge is 0.457 e. The van der Waals surface area contributed by atoms with Gasteiger partial charge in [-0.05, 0) is 57.8 Å². The first-order chi connectivity index (χ1) is 32.4. The fourth-order valence-electron chi connectivity index (χ4n) is 7.91. The molecular weight excluding hydrogens is 842 g/mol. The Bertz CT molecular complexity index is 1200. The predicted molar refractivity (Wildman–Crippen MR) is 284 cm³/mol. The van der Waals surface area contributed by atoms with Crippen molar-refractivity contribution in [1.29, 1.82) is 0 Å². The number of phosphoric ester groups is 1. The lowest BCUT2D eigenvalue weighted by Crippen LogP contribution is -2.28. The summed E-state index contributed by atoms with van der Waals surface area (Å²) in [6.07, 6.45) is 68.4. The number of hydrogen-bond donors (Lipinski definition) is 2. The summed E-state index contributed by atoms with van der Waals surface area (Å²) in [4.78, 5) is 22.6. The molecule has 0 aliphatic heterocycles. The Morgan fingerprint density at radius 1 is 0.470 bits per heavy atom. The van der Waals surface area contributed by atoms with Crippen molar-refractivity contribution in [3.8, 4) is 0 Å². The van der Waals surface area contributed by atoms with E-state index in [9.17, 15) is 14.3 Å². The number of rotatable bonds is 53. The highest BCUT2D eigenvalue weighted by molar-refractivity contribution is 7.47. The summed E-state index contributed by atoms with van der Waals surface area (Å²) in [5.74, 6) is -0.328. The molecule has 0 aromatic carbocycles. The number of carbonyl (C=O) groups is 1. The molecule has 0 amide bonds. The molecule has 66 heavy (non-hydrogen) atoms. The van der Waals surface area contributed by atoms with Crippen LogP contribution in [0.5, 0.6) is 0 Å². The molecule has 2 unspecified atom stereocenters.